The number of amidine groups is 1. The highest BCUT2D eigenvalue weighted by Gasteiger charge is 2.11. The second-order valence-electron chi connectivity index (χ2n) is 7.15. The van der Waals surface area contributed by atoms with E-state index >= 15 is 0 Å². The highest BCUT2D eigenvalue weighted by molar-refractivity contribution is 5.97. The van der Waals surface area contributed by atoms with Crippen LogP contribution in [0.3, 0.4) is 0 Å². The van der Waals surface area contributed by atoms with Crippen LogP contribution in [0.5, 0.6) is 5.75 Å². The molecule has 0 aliphatic carbocycles. The summed E-state index contributed by atoms with van der Waals surface area (Å²) in [6.45, 7) is 8.75. The maximum Gasteiger partial charge on any atom is 0.170 e. The fraction of sp³-hybridized carbons (Fsp3) is 0.409. The van der Waals surface area contributed by atoms with E-state index in [-0.39, 0.29) is 6.10 Å². The van der Waals surface area contributed by atoms with E-state index in [9.17, 15) is 0 Å². The van der Waals surface area contributed by atoms with Crippen LogP contribution in [-0.4, -0.2) is 43.1 Å². The lowest BCUT2D eigenvalue weighted by molar-refractivity contribution is 0.0342. The molecule has 0 saturated carbocycles. The Morgan fingerprint density at radius 2 is 1.86 bits per heavy atom. The van der Waals surface area contributed by atoms with Crippen LogP contribution in [-0.2, 0) is 22.7 Å². The molecule has 0 amide bonds. The fourth-order valence-electron chi connectivity index (χ4n) is 3.01. The Bertz CT molecular complexity index is 769. The van der Waals surface area contributed by atoms with E-state index in [0.717, 1.165) is 49.7 Å². The third-order valence-corrected chi connectivity index (χ3v) is 4.42. The summed E-state index contributed by atoms with van der Waals surface area (Å²) in [6.07, 6.45) is 0.158. The van der Waals surface area contributed by atoms with Crippen LogP contribution in [0.15, 0.2) is 53.7 Å². The van der Waals surface area contributed by atoms with Crippen LogP contribution in [0, 0.1) is 0 Å². The van der Waals surface area contributed by atoms with Gasteiger partial charge >= 0.3 is 0 Å². The third-order valence-electron chi connectivity index (χ3n) is 4.42. The molecule has 6 nitrogen and oxygen atoms in total. The zero-order valence-electron chi connectivity index (χ0n) is 16.6. The summed E-state index contributed by atoms with van der Waals surface area (Å²) in [5.41, 5.74) is 9.19. The van der Waals surface area contributed by atoms with Crippen molar-refractivity contribution in [3.05, 3.63) is 65.2 Å². The topological polar surface area (TPSA) is 69.3 Å². The number of hydrogen-bond acceptors (Lipinski definition) is 5. The summed E-state index contributed by atoms with van der Waals surface area (Å²) in [7, 11) is 0. The highest BCUT2D eigenvalue weighted by atomic mass is 16.6. The number of hydrogen-bond donors (Lipinski definition) is 1. The van der Waals surface area contributed by atoms with Gasteiger partial charge in [-0.15, -0.1) is 0 Å². The van der Waals surface area contributed by atoms with Crippen molar-refractivity contribution >= 4 is 5.84 Å². The Labute approximate surface area is 166 Å². The zero-order valence-corrected chi connectivity index (χ0v) is 16.6. The molecule has 1 aliphatic rings. The summed E-state index contributed by atoms with van der Waals surface area (Å²) >= 11 is 0. The molecule has 1 heterocycles. The number of ether oxygens (including phenoxy) is 2. The molecule has 6 heteroatoms. The lowest BCUT2D eigenvalue weighted by Crippen LogP contribution is -2.35. The number of rotatable bonds is 8. The van der Waals surface area contributed by atoms with Crippen LogP contribution in [0.1, 0.15) is 30.5 Å². The monoisotopic (exact) mass is 383 g/mol. The largest absolute Gasteiger partial charge is 0.491 e. The lowest BCUT2D eigenvalue weighted by atomic mass is 10.1. The number of oxime groups is 1. The second-order valence-corrected chi connectivity index (χ2v) is 7.15. The number of benzene rings is 2. The minimum Gasteiger partial charge on any atom is -0.491 e. The van der Waals surface area contributed by atoms with Crippen LogP contribution in [0.4, 0.5) is 0 Å². The predicted molar refractivity (Wildman–Crippen MR) is 110 cm³/mol. The first-order valence-corrected chi connectivity index (χ1v) is 9.70. The minimum atomic E-state index is 0.158. The molecular weight excluding hydrogens is 354 g/mol. The first kappa shape index (κ1) is 20.2. The summed E-state index contributed by atoms with van der Waals surface area (Å²) in [6, 6.07) is 15.9. The van der Waals surface area contributed by atoms with E-state index in [1.807, 2.05) is 50.2 Å². The molecule has 2 aromatic rings. The molecule has 3 rings (SSSR count). The first-order valence-electron chi connectivity index (χ1n) is 9.70. The summed E-state index contributed by atoms with van der Waals surface area (Å²) in [5, 5.41) is 4.08. The summed E-state index contributed by atoms with van der Waals surface area (Å²) < 4.78 is 11.0. The van der Waals surface area contributed by atoms with E-state index in [1.165, 1.54) is 5.56 Å². The third kappa shape index (κ3) is 6.25. The van der Waals surface area contributed by atoms with Gasteiger partial charge in [0, 0.05) is 25.2 Å². The van der Waals surface area contributed by atoms with Crippen molar-refractivity contribution in [2.75, 3.05) is 26.3 Å². The molecule has 0 bridgehead atoms. The predicted octanol–water partition coefficient (Wildman–Crippen LogP) is 3.14. The van der Waals surface area contributed by atoms with Crippen molar-refractivity contribution < 1.29 is 14.3 Å². The van der Waals surface area contributed by atoms with Gasteiger partial charge in [0.25, 0.3) is 0 Å². The van der Waals surface area contributed by atoms with E-state index < -0.39 is 0 Å². The van der Waals surface area contributed by atoms with Gasteiger partial charge in [-0.1, -0.05) is 35.5 Å². The van der Waals surface area contributed by atoms with Gasteiger partial charge in [0.2, 0.25) is 0 Å². The van der Waals surface area contributed by atoms with Crippen molar-refractivity contribution in [3.63, 3.8) is 0 Å². The van der Waals surface area contributed by atoms with Crippen LogP contribution >= 0.6 is 0 Å². The van der Waals surface area contributed by atoms with Gasteiger partial charge in [0.1, 0.15) is 12.4 Å². The fourth-order valence-corrected chi connectivity index (χ4v) is 3.01. The number of nitrogens with zero attached hydrogens (tertiary/aromatic N) is 2. The Hall–Kier alpha value is -2.57. The molecule has 0 radical (unpaired) electrons. The second kappa shape index (κ2) is 10.1. The Morgan fingerprint density at radius 1 is 1.11 bits per heavy atom. The van der Waals surface area contributed by atoms with Crippen molar-refractivity contribution in [3.8, 4) is 5.75 Å². The average molecular weight is 383 g/mol. The maximum absolute atomic E-state index is 6.11. The van der Waals surface area contributed by atoms with E-state index in [0.29, 0.717) is 12.4 Å². The molecular formula is C22H29N3O3. The number of nitrogens with two attached hydrogens (primary N) is 1. The normalized spacial score (nSPS) is 15.6. The standard InChI is InChI=1S/C22H29N3O3/c1-17(2)28-21-8-6-18(7-9-21)16-27-24-22(23)20-5-3-4-19(14-20)15-25-10-12-26-13-11-25/h3-9,14,17H,10-13,15-16H2,1-2H3,(H2,23,24). The summed E-state index contributed by atoms with van der Waals surface area (Å²) in [5.74, 6) is 1.22. The van der Waals surface area contributed by atoms with E-state index in [2.05, 4.69) is 22.2 Å². The average Bonchev–Trinajstić information content (AvgIpc) is 2.70. The SMILES string of the molecule is CC(C)Oc1ccc(CO/N=C(/N)c2cccc(CN3CCOCC3)c2)cc1. The van der Waals surface area contributed by atoms with Crippen molar-refractivity contribution in [1.29, 1.82) is 0 Å². The lowest BCUT2D eigenvalue weighted by Gasteiger charge is -2.26. The van der Waals surface area contributed by atoms with Gasteiger partial charge in [0.05, 0.1) is 19.3 Å². The number of morpholine rings is 1. The summed E-state index contributed by atoms with van der Waals surface area (Å²) in [4.78, 5) is 7.82. The van der Waals surface area contributed by atoms with E-state index in [1.54, 1.807) is 0 Å². The van der Waals surface area contributed by atoms with Crippen LogP contribution < -0.4 is 10.5 Å². The van der Waals surface area contributed by atoms with Crippen molar-refractivity contribution in [2.45, 2.75) is 33.1 Å². The molecule has 1 saturated heterocycles. The Morgan fingerprint density at radius 3 is 2.57 bits per heavy atom. The van der Waals surface area contributed by atoms with Crippen molar-refractivity contribution in [2.24, 2.45) is 10.9 Å². The first-order chi connectivity index (χ1) is 13.6. The zero-order chi connectivity index (χ0) is 19.8. The van der Waals surface area contributed by atoms with Gasteiger partial charge in [-0.05, 0) is 43.2 Å². The molecule has 1 fully saturated rings. The molecule has 2 aromatic carbocycles. The van der Waals surface area contributed by atoms with Gasteiger partial charge in [-0.2, -0.15) is 0 Å². The highest BCUT2D eigenvalue weighted by Crippen LogP contribution is 2.15. The Kier molecular flexibility index (Phi) is 7.28. The van der Waals surface area contributed by atoms with Gasteiger partial charge < -0.3 is 20.0 Å². The van der Waals surface area contributed by atoms with Crippen molar-refractivity contribution in [1.82, 2.24) is 4.90 Å². The van der Waals surface area contributed by atoms with Crippen LogP contribution in [0.25, 0.3) is 0 Å². The van der Waals surface area contributed by atoms with Gasteiger partial charge in [-0.3, -0.25) is 4.90 Å². The molecule has 28 heavy (non-hydrogen) atoms. The smallest absolute Gasteiger partial charge is 0.170 e. The molecule has 150 valence electrons. The van der Waals surface area contributed by atoms with Gasteiger partial charge in [-0.25, -0.2) is 0 Å². The quantitative estimate of drug-likeness (QED) is 0.431. The minimum absolute atomic E-state index is 0.158. The van der Waals surface area contributed by atoms with Crippen LogP contribution in [0.2, 0.25) is 0 Å². The molecule has 0 aromatic heterocycles. The molecule has 0 atom stereocenters. The maximum atomic E-state index is 6.11. The van der Waals surface area contributed by atoms with Gasteiger partial charge in [0.15, 0.2) is 5.84 Å². The molecule has 2 N–H and O–H groups in total. The van der Waals surface area contributed by atoms with E-state index in [4.69, 9.17) is 20.0 Å². The Balaban J connectivity index is 1.53. The molecule has 0 unspecified atom stereocenters. The molecule has 0 spiro atoms. The molecule has 1 aliphatic heterocycles.